The number of carbonyl (C=O) groups excluding carboxylic acids is 1. The largest absolute Gasteiger partial charge is 0.397 e. The Hall–Kier alpha value is -1.07. The van der Waals surface area contributed by atoms with Crippen LogP contribution in [0.2, 0.25) is 0 Å². The monoisotopic (exact) mass is 226 g/mol. The van der Waals surface area contributed by atoms with Gasteiger partial charge in [-0.25, -0.2) is 0 Å². The first-order valence-electron chi connectivity index (χ1n) is 4.91. The van der Waals surface area contributed by atoms with E-state index < -0.39 is 0 Å². The maximum absolute atomic E-state index is 11.2. The summed E-state index contributed by atoms with van der Waals surface area (Å²) in [6, 6.07) is 1.82. The molecule has 2 rings (SSSR count). The molecule has 0 amide bonds. The van der Waals surface area contributed by atoms with E-state index >= 15 is 0 Å². The van der Waals surface area contributed by atoms with Crippen LogP contribution >= 0.6 is 11.3 Å². The summed E-state index contributed by atoms with van der Waals surface area (Å²) in [7, 11) is 0. The number of β-amino-alcohol motifs (C(OH)–C–C–N with tert-alkyl or cyclic N) is 1. The van der Waals surface area contributed by atoms with Crippen molar-refractivity contribution in [2.45, 2.75) is 19.4 Å². The topological polar surface area (TPSA) is 66.6 Å². The van der Waals surface area contributed by atoms with Gasteiger partial charge in [0.1, 0.15) is 0 Å². The molecule has 0 aliphatic carbocycles. The fourth-order valence-electron chi connectivity index (χ4n) is 1.76. The van der Waals surface area contributed by atoms with Crippen molar-refractivity contribution in [3.05, 3.63) is 10.9 Å². The maximum atomic E-state index is 11.2. The zero-order valence-corrected chi connectivity index (χ0v) is 9.38. The maximum Gasteiger partial charge on any atom is 0.171 e. The van der Waals surface area contributed by atoms with Gasteiger partial charge < -0.3 is 15.7 Å². The highest BCUT2D eigenvalue weighted by atomic mass is 32.1. The Morgan fingerprint density at radius 2 is 2.47 bits per heavy atom. The number of nitrogens with two attached hydrogens (primary N) is 1. The van der Waals surface area contributed by atoms with Crippen LogP contribution in [0.5, 0.6) is 0 Å². The number of hydrogen-bond acceptors (Lipinski definition) is 5. The van der Waals surface area contributed by atoms with Gasteiger partial charge in [0, 0.05) is 20.0 Å². The first-order valence-corrected chi connectivity index (χ1v) is 5.73. The Bertz CT molecular complexity index is 389. The summed E-state index contributed by atoms with van der Waals surface area (Å²) in [5, 5.41) is 10.4. The lowest BCUT2D eigenvalue weighted by Crippen LogP contribution is -2.19. The number of Topliss-reactive ketones (excluding diaryl/α,β-unsaturated/α-hetero) is 1. The van der Waals surface area contributed by atoms with Crippen LogP contribution in [0, 0.1) is 0 Å². The van der Waals surface area contributed by atoms with Gasteiger partial charge >= 0.3 is 0 Å². The first-order chi connectivity index (χ1) is 7.08. The van der Waals surface area contributed by atoms with E-state index in [1.165, 1.54) is 18.3 Å². The quantitative estimate of drug-likeness (QED) is 0.741. The van der Waals surface area contributed by atoms with Crippen molar-refractivity contribution >= 4 is 27.8 Å². The minimum Gasteiger partial charge on any atom is -0.397 e. The number of anilines is 2. The Kier molecular flexibility index (Phi) is 2.67. The number of thiophene rings is 1. The zero-order chi connectivity index (χ0) is 11.0. The molecule has 1 atom stereocenters. The molecule has 15 heavy (non-hydrogen) atoms. The number of ketones is 1. The van der Waals surface area contributed by atoms with E-state index in [-0.39, 0.29) is 11.9 Å². The number of carbonyl (C=O) groups is 1. The number of aliphatic hydroxyl groups excluding tert-OH is 1. The zero-order valence-electron chi connectivity index (χ0n) is 8.56. The van der Waals surface area contributed by atoms with Crippen molar-refractivity contribution in [3.8, 4) is 0 Å². The van der Waals surface area contributed by atoms with Crippen molar-refractivity contribution < 1.29 is 9.90 Å². The highest BCUT2D eigenvalue weighted by molar-refractivity contribution is 7.18. The summed E-state index contributed by atoms with van der Waals surface area (Å²) >= 11 is 1.41. The van der Waals surface area contributed by atoms with Crippen molar-refractivity contribution in [3.63, 3.8) is 0 Å². The van der Waals surface area contributed by atoms with Crippen molar-refractivity contribution in [1.29, 1.82) is 0 Å². The van der Waals surface area contributed by atoms with Gasteiger partial charge in [-0.15, -0.1) is 11.3 Å². The summed E-state index contributed by atoms with van der Waals surface area (Å²) in [6.45, 7) is 2.99. The van der Waals surface area contributed by atoms with Crippen LogP contribution in [0.4, 0.5) is 10.7 Å². The number of rotatable bonds is 2. The molecule has 1 aliphatic rings. The van der Waals surface area contributed by atoms with E-state index in [0.29, 0.717) is 17.1 Å². The predicted octanol–water partition coefficient (Wildman–Crippen LogP) is 1.10. The summed E-state index contributed by atoms with van der Waals surface area (Å²) in [5.74, 6) is 0.00324. The van der Waals surface area contributed by atoms with E-state index in [1.807, 2.05) is 6.07 Å². The van der Waals surface area contributed by atoms with Gasteiger partial charge in [-0.05, 0) is 12.5 Å². The summed E-state index contributed by atoms with van der Waals surface area (Å²) < 4.78 is 0. The van der Waals surface area contributed by atoms with E-state index in [0.717, 1.165) is 18.0 Å². The predicted molar refractivity (Wildman–Crippen MR) is 61.6 cm³/mol. The second-order valence-corrected chi connectivity index (χ2v) is 4.84. The third-order valence-corrected chi connectivity index (χ3v) is 3.86. The molecule has 2 heterocycles. The summed E-state index contributed by atoms with van der Waals surface area (Å²) in [6.07, 6.45) is 0.529. The fourth-order valence-corrected chi connectivity index (χ4v) is 2.77. The second-order valence-electron chi connectivity index (χ2n) is 3.81. The average molecular weight is 226 g/mol. The Morgan fingerprint density at radius 3 is 2.93 bits per heavy atom. The Labute approximate surface area is 92.3 Å². The molecule has 0 aromatic carbocycles. The Balaban J connectivity index is 2.23. The molecule has 1 saturated heterocycles. The van der Waals surface area contributed by atoms with E-state index in [9.17, 15) is 9.90 Å². The van der Waals surface area contributed by atoms with Crippen LogP contribution in [0.15, 0.2) is 6.07 Å². The van der Waals surface area contributed by atoms with Gasteiger partial charge in [-0.1, -0.05) is 0 Å². The normalized spacial score (nSPS) is 20.9. The molecule has 0 spiro atoms. The molecule has 1 unspecified atom stereocenters. The van der Waals surface area contributed by atoms with Gasteiger partial charge in [-0.2, -0.15) is 0 Å². The van der Waals surface area contributed by atoms with Crippen LogP contribution in [-0.2, 0) is 0 Å². The van der Waals surface area contributed by atoms with Crippen LogP contribution in [-0.4, -0.2) is 30.1 Å². The van der Waals surface area contributed by atoms with Crippen LogP contribution in [0.1, 0.15) is 23.0 Å². The number of nitrogen functional groups attached to an aromatic ring is 1. The number of aliphatic hydroxyl groups is 1. The van der Waals surface area contributed by atoms with E-state index in [2.05, 4.69) is 4.90 Å². The standard InChI is InChI=1S/C10H14N2O2S/c1-6(13)10-8(11)4-9(15-10)12-3-2-7(14)5-12/h4,7,14H,2-3,5,11H2,1H3. The highest BCUT2D eigenvalue weighted by Crippen LogP contribution is 2.34. The SMILES string of the molecule is CC(=O)c1sc(N2CCC(O)C2)cc1N. The van der Waals surface area contributed by atoms with Crippen molar-refractivity contribution in [2.75, 3.05) is 23.7 Å². The minimum atomic E-state index is -0.255. The molecule has 4 nitrogen and oxygen atoms in total. The van der Waals surface area contributed by atoms with Crippen molar-refractivity contribution in [2.24, 2.45) is 0 Å². The highest BCUT2D eigenvalue weighted by Gasteiger charge is 2.23. The van der Waals surface area contributed by atoms with Gasteiger partial charge in [-0.3, -0.25) is 4.79 Å². The van der Waals surface area contributed by atoms with Crippen molar-refractivity contribution in [1.82, 2.24) is 0 Å². The van der Waals surface area contributed by atoms with E-state index in [4.69, 9.17) is 5.73 Å². The van der Waals surface area contributed by atoms with Crippen LogP contribution < -0.4 is 10.6 Å². The molecule has 1 aliphatic heterocycles. The minimum absolute atomic E-state index is 0.00324. The Morgan fingerprint density at radius 1 is 1.73 bits per heavy atom. The molecular weight excluding hydrogens is 212 g/mol. The molecule has 0 bridgehead atoms. The van der Waals surface area contributed by atoms with Crippen LogP contribution in [0.3, 0.4) is 0 Å². The lowest BCUT2D eigenvalue weighted by atomic mass is 10.3. The average Bonchev–Trinajstić information content (AvgIpc) is 2.71. The molecule has 0 saturated carbocycles. The lowest BCUT2D eigenvalue weighted by molar-refractivity contribution is 0.102. The molecule has 1 fully saturated rings. The first kappa shape index (κ1) is 10.4. The third kappa shape index (κ3) is 1.98. The molecule has 82 valence electrons. The van der Waals surface area contributed by atoms with Gasteiger partial charge in [0.05, 0.1) is 21.7 Å². The lowest BCUT2D eigenvalue weighted by Gasteiger charge is -2.14. The molecule has 5 heteroatoms. The second kappa shape index (κ2) is 3.83. The van der Waals surface area contributed by atoms with Gasteiger partial charge in [0.25, 0.3) is 0 Å². The fraction of sp³-hybridized carbons (Fsp3) is 0.500. The molecule has 1 aromatic rings. The molecule has 1 aromatic heterocycles. The molecule has 3 N–H and O–H groups in total. The summed E-state index contributed by atoms with van der Waals surface area (Å²) in [5.41, 5.74) is 6.29. The van der Waals surface area contributed by atoms with Gasteiger partial charge in [0.2, 0.25) is 0 Å². The summed E-state index contributed by atoms with van der Waals surface area (Å²) in [4.78, 5) is 13.9. The van der Waals surface area contributed by atoms with E-state index in [1.54, 1.807) is 0 Å². The third-order valence-electron chi connectivity index (χ3n) is 2.54. The molecular formula is C10H14N2O2S. The molecule has 0 radical (unpaired) electrons. The number of hydrogen-bond donors (Lipinski definition) is 2. The van der Waals surface area contributed by atoms with Gasteiger partial charge in [0.15, 0.2) is 5.78 Å². The van der Waals surface area contributed by atoms with Crippen LogP contribution in [0.25, 0.3) is 0 Å². The number of nitrogens with zero attached hydrogens (tertiary/aromatic N) is 1. The smallest absolute Gasteiger partial charge is 0.171 e.